The fourth-order valence-electron chi connectivity index (χ4n) is 5.66. The van der Waals surface area contributed by atoms with Gasteiger partial charge in [0.2, 0.25) is 5.91 Å². The van der Waals surface area contributed by atoms with Gasteiger partial charge in [0.05, 0.1) is 21.2 Å². The number of amides is 1. The van der Waals surface area contributed by atoms with Crippen molar-refractivity contribution in [3.63, 3.8) is 0 Å². The van der Waals surface area contributed by atoms with E-state index in [0.29, 0.717) is 28.4 Å². The Labute approximate surface area is 149 Å². The third-order valence-electron chi connectivity index (χ3n) is 6.08. The molecule has 0 aliphatic heterocycles. The molecule has 1 amide bonds. The summed E-state index contributed by atoms with van der Waals surface area (Å²) >= 11 is 7.48. The number of anilines is 1. The lowest BCUT2D eigenvalue weighted by Gasteiger charge is -2.59. The number of fused-ring (bicyclic) bond motifs is 1. The highest BCUT2D eigenvalue weighted by molar-refractivity contribution is 7.22. The fourth-order valence-corrected chi connectivity index (χ4v) is 6.80. The van der Waals surface area contributed by atoms with Gasteiger partial charge in [-0.1, -0.05) is 22.9 Å². The van der Waals surface area contributed by atoms with Gasteiger partial charge in [-0.2, -0.15) is 0 Å². The second-order valence-electron chi connectivity index (χ2n) is 8.05. The van der Waals surface area contributed by atoms with Crippen molar-refractivity contribution in [2.75, 3.05) is 5.32 Å². The van der Waals surface area contributed by atoms with Crippen molar-refractivity contribution in [2.24, 2.45) is 17.3 Å². The minimum absolute atomic E-state index is 0.0418. The molecule has 6 heteroatoms. The molecule has 4 aliphatic carbocycles. The second kappa shape index (κ2) is 4.93. The molecule has 1 aromatic carbocycles. The van der Waals surface area contributed by atoms with Gasteiger partial charge in [0.15, 0.2) is 5.13 Å². The van der Waals surface area contributed by atoms with Crippen LogP contribution in [0.15, 0.2) is 18.2 Å². The van der Waals surface area contributed by atoms with Gasteiger partial charge in [0.1, 0.15) is 0 Å². The lowest BCUT2D eigenvalue weighted by Crippen LogP contribution is -2.59. The summed E-state index contributed by atoms with van der Waals surface area (Å²) < 4.78 is 0.974. The van der Waals surface area contributed by atoms with Crippen LogP contribution in [-0.2, 0) is 4.79 Å². The standard InChI is InChI=1S/C18H19ClN2O2S/c19-12-1-2-13-14(4-12)24-16(20-13)21-15(22)17-5-10-3-11(6-17)8-18(23,7-10)9-17/h1-2,4,10-11,23H,3,5-9H2,(H,20,21,22)/t10-,11+,17?,18?. The number of carbonyl (C=O) groups is 1. The summed E-state index contributed by atoms with van der Waals surface area (Å²) in [5.74, 6) is 1.03. The van der Waals surface area contributed by atoms with Gasteiger partial charge in [-0.05, 0) is 68.6 Å². The Morgan fingerprint density at radius 3 is 2.75 bits per heavy atom. The maximum Gasteiger partial charge on any atom is 0.232 e. The molecule has 2 aromatic rings. The molecule has 1 heterocycles. The molecule has 1 aromatic heterocycles. The van der Waals surface area contributed by atoms with E-state index >= 15 is 0 Å². The number of rotatable bonds is 2. The van der Waals surface area contributed by atoms with Crippen LogP contribution in [-0.4, -0.2) is 21.6 Å². The van der Waals surface area contributed by atoms with E-state index in [4.69, 9.17) is 11.6 Å². The molecular formula is C18H19ClN2O2S. The molecule has 2 N–H and O–H groups in total. The number of nitrogens with one attached hydrogen (secondary N) is 1. The van der Waals surface area contributed by atoms with Crippen LogP contribution in [0.3, 0.4) is 0 Å². The van der Waals surface area contributed by atoms with Gasteiger partial charge in [0, 0.05) is 5.02 Å². The van der Waals surface area contributed by atoms with E-state index in [1.807, 2.05) is 18.2 Å². The van der Waals surface area contributed by atoms with Crippen LogP contribution in [0.5, 0.6) is 0 Å². The monoisotopic (exact) mass is 362 g/mol. The molecule has 4 atom stereocenters. The third kappa shape index (κ3) is 2.29. The highest BCUT2D eigenvalue weighted by Crippen LogP contribution is 2.61. The number of hydrogen-bond donors (Lipinski definition) is 2. The highest BCUT2D eigenvalue weighted by Gasteiger charge is 2.60. The summed E-state index contributed by atoms with van der Waals surface area (Å²) in [5.41, 5.74) is -0.180. The zero-order chi connectivity index (χ0) is 16.5. The predicted molar refractivity (Wildman–Crippen MR) is 95.3 cm³/mol. The normalized spacial score (nSPS) is 37.1. The van der Waals surface area contributed by atoms with Gasteiger partial charge in [-0.25, -0.2) is 4.98 Å². The molecule has 0 spiro atoms. The quantitative estimate of drug-likeness (QED) is 0.840. The maximum atomic E-state index is 13.1. The first-order chi connectivity index (χ1) is 11.4. The highest BCUT2D eigenvalue weighted by atomic mass is 35.5. The fraction of sp³-hybridized carbons (Fsp3) is 0.556. The van der Waals surface area contributed by atoms with E-state index in [0.717, 1.165) is 35.9 Å². The molecule has 4 saturated carbocycles. The van der Waals surface area contributed by atoms with Gasteiger partial charge >= 0.3 is 0 Å². The van der Waals surface area contributed by atoms with E-state index in [1.165, 1.54) is 17.8 Å². The van der Waals surface area contributed by atoms with Crippen molar-refractivity contribution in [1.29, 1.82) is 0 Å². The number of carbonyl (C=O) groups excluding carboxylic acids is 1. The largest absolute Gasteiger partial charge is 0.390 e. The van der Waals surface area contributed by atoms with Crippen molar-refractivity contribution in [3.05, 3.63) is 23.2 Å². The second-order valence-corrected chi connectivity index (χ2v) is 9.52. The van der Waals surface area contributed by atoms with Crippen molar-refractivity contribution < 1.29 is 9.90 Å². The number of halogens is 1. The summed E-state index contributed by atoms with van der Waals surface area (Å²) in [6.07, 6.45) is 5.35. The minimum atomic E-state index is -0.622. The number of aromatic nitrogens is 1. The Kier molecular flexibility index (Phi) is 3.10. The number of aliphatic hydroxyl groups is 1. The van der Waals surface area contributed by atoms with Crippen molar-refractivity contribution in [1.82, 2.24) is 4.98 Å². The molecule has 4 nitrogen and oxygen atoms in total. The first kappa shape index (κ1) is 15.1. The molecule has 6 rings (SSSR count). The molecule has 4 fully saturated rings. The maximum absolute atomic E-state index is 13.1. The summed E-state index contributed by atoms with van der Waals surface area (Å²) in [4.78, 5) is 17.6. The number of thiazole rings is 1. The molecular weight excluding hydrogens is 344 g/mol. The van der Waals surface area contributed by atoms with Gasteiger partial charge in [-0.3, -0.25) is 4.79 Å². The summed E-state index contributed by atoms with van der Waals surface area (Å²) in [5, 5.41) is 15.2. The third-order valence-corrected chi connectivity index (χ3v) is 7.25. The Morgan fingerprint density at radius 2 is 2.04 bits per heavy atom. The number of hydrogen-bond acceptors (Lipinski definition) is 4. The van der Waals surface area contributed by atoms with Crippen LogP contribution in [0.1, 0.15) is 38.5 Å². The van der Waals surface area contributed by atoms with Crippen LogP contribution in [0, 0.1) is 17.3 Å². The van der Waals surface area contributed by atoms with Crippen molar-refractivity contribution in [3.8, 4) is 0 Å². The van der Waals surface area contributed by atoms with E-state index in [1.54, 1.807) is 0 Å². The van der Waals surface area contributed by atoms with Crippen molar-refractivity contribution >= 4 is 44.2 Å². The molecule has 0 radical (unpaired) electrons. The Balaban J connectivity index is 1.43. The Hall–Kier alpha value is -1.17. The van der Waals surface area contributed by atoms with E-state index < -0.39 is 11.0 Å². The average molecular weight is 363 g/mol. The summed E-state index contributed by atoms with van der Waals surface area (Å²) in [7, 11) is 0. The van der Waals surface area contributed by atoms with Crippen molar-refractivity contribution in [2.45, 2.75) is 44.1 Å². The first-order valence-electron chi connectivity index (χ1n) is 8.53. The van der Waals surface area contributed by atoms with E-state index in [2.05, 4.69) is 10.3 Å². The first-order valence-corrected chi connectivity index (χ1v) is 9.73. The number of benzene rings is 1. The molecule has 4 aliphatic rings. The molecule has 0 saturated heterocycles. The molecule has 24 heavy (non-hydrogen) atoms. The zero-order valence-corrected chi connectivity index (χ0v) is 14.8. The number of nitrogens with zero attached hydrogens (tertiary/aromatic N) is 1. The van der Waals surface area contributed by atoms with Gasteiger partial charge in [-0.15, -0.1) is 0 Å². The zero-order valence-electron chi connectivity index (χ0n) is 13.2. The molecule has 126 valence electrons. The van der Waals surface area contributed by atoms with Crippen LogP contribution in [0.4, 0.5) is 5.13 Å². The Bertz CT molecular complexity index is 835. The minimum Gasteiger partial charge on any atom is -0.390 e. The molecule has 4 bridgehead atoms. The SMILES string of the molecule is O=C(Nc1nc2ccc(Cl)cc2s1)C12C[C@@H]3C[C@@H](CC(O)(C3)C1)C2. The Morgan fingerprint density at radius 1 is 1.29 bits per heavy atom. The lowest BCUT2D eigenvalue weighted by atomic mass is 9.47. The van der Waals surface area contributed by atoms with Gasteiger partial charge < -0.3 is 10.4 Å². The van der Waals surface area contributed by atoms with E-state index in [-0.39, 0.29) is 5.91 Å². The van der Waals surface area contributed by atoms with Crippen LogP contribution in [0.25, 0.3) is 10.2 Å². The summed E-state index contributed by atoms with van der Waals surface area (Å²) in [6.45, 7) is 0. The lowest BCUT2D eigenvalue weighted by molar-refractivity contribution is -0.174. The van der Waals surface area contributed by atoms with Crippen LogP contribution in [0.2, 0.25) is 5.02 Å². The van der Waals surface area contributed by atoms with E-state index in [9.17, 15) is 9.90 Å². The summed E-state index contributed by atoms with van der Waals surface area (Å²) in [6, 6.07) is 5.55. The average Bonchev–Trinajstić information content (AvgIpc) is 2.85. The van der Waals surface area contributed by atoms with Crippen LogP contribution < -0.4 is 5.32 Å². The molecule has 2 unspecified atom stereocenters. The van der Waals surface area contributed by atoms with Gasteiger partial charge in [0.25, 0.3) is 0 Å². The van der Waals surface area contributed by atoms with Crippen LogP contribution >= 0.6 is 22.9 Å². The predicted octanol–water partition coefficient (Wildman–Crippen LogP) is 4.22. The topological polar surface area (TPSA) is 62.2 Å². The smallest absolute Gasteiger partial charge is 0.232 e.